The van der Waals surface area contributed by atoms with Crippen molar-refractivity contribution in [3.63, 3.8) is 0 Å². The minimum atomic E-state index is -0.905. The fourth-order valence-electron chi connectivity index (χ4n) is 2.03. The lowest BCUT2D eigenvalue weighted by Crippen LogP contribution is -2.41. The number of hydrogen-bond donors (Lipinski definition) is 1. The van der Waals surface area contributed by atoms with E-state index in [0.717, 1.165) is 11.3 Å². The second-order valence-electron chi connectivity index (χ2n) is 4.47. The van der Waals surface area contributed by atoms with Gasteiger partial charge >= 0.3 is 5.97 Å². The first-order valence-corrected chi connectivity index (χ1v) is 6.14. The van der Waals surface area contributed by atoms with E-state index >= 15 is 0 Å². The molecule has 0 radical (unpaired) electrons. The Labute approximate surface area is 113 Å². The van der Waals surface area contributed by atoms with Gasteiger partial charge in [-0.25, -0.2) is 4.79 Å². The second-order valence-corrected chi connectivity index (χ2v) is 4.47. The second kappa shape index (κ2) is 5.57. The van der Waals surface area contributed by atoms with Crippen LogP contribution in [0.25, 0.3) is 0 Å². The molecule has 3 heteroatoms. The molecule has 0 aromatic heterocycles. The average molecular weight is 255 g/mol. The molecule has 3 nitrogen and oxygen atoms in total. The van der Waals surface area contributed by atoms with Gasteiger partial charge in [-0.2, -0.15) is 0 Å². The molecule has 0 aliphatic rings. The zero-order chi connectivity index (χ0) is 13.7. The van der Waals surface area contributed by atoms with Gasteiger partial charge in [-0.05, 0) is 24.6 Å². The highest BCUT2D eigenvalue weighted by molar-refractivity contribution is 5.85. The molecule has 2 rings (SSSR count). The lowest BCUT2D eigenvalue weighted by atomic mass is 9.91. The van der Waals surface area contributed by atoms with Crippen LogP contribution in [-0.2, 0) is 15.1 Å². The molecule has 0 spiro atoms. The Kier molecular flexibility index (Phi) is 3.85. The fraction of sp³-hybridized carbons (Fsp3) is 0.188. The van der Waals surface area contributed by atoms with Crippen molar-refractivity contribution in [2.75, 3.05) is 12.4 Å². The summed E-state index contributed by atoms with van der Waals surface area (Å²) in [5.74, 6) is -0.317. The summed E-state index contributed by atoms with van der Waals surface area (Å²) in [6, 6.07) is 19.2. The van der Waals surface area contributed by atoms with Crippen LogP contribution in [0.15, 0.2) is 60.7 Å². The van der Waals surface area contributed by atoms with Gasteiger partial charge in [0.25, 0.3) is 0 Å². The summed E-state index contributed by atoms with van der Waals surface area (Å²) < 4.78 is 4.94. The number of para-hydroxylation sites is 1. The molecular formula is C16H17NO2. The summed E-state index contributed by atoms with van der Waals surface area (Å²) >= 11 is 0. The molecule has 0 fully saturated rings. The van der Waals surface area contributed by atoms with E-state index in [9.17, 15) is 4.79 Å². The maximum Gasteiger partial charge on any atom is 0.335 e. The number of rotatable bonds is 4. The van der Waals surface area contributed by atoms with Crippen LogP contribution >= 0.6 is 0 Å². The van der Waals surface area contributed by atoms with E-state index in [1.807, 2.05) is 67.6 Å². The molecule has 2 aromatic carbocycles. The summed E-state index contributed by atoms with van der Waals surface area (Å²) in [4.78, 5) is 12.2. The SMILES string of the molecule is COC(=O)[C@](C)(Nc1ccccc1)c1ccccc1. The molecule has 0 aliphatic heterocycles. The van der Waals surface area contributed by atoms with Crippen molar-refractivity contribution < 1.29 is 9.53 Å². The van der Waals surface area contributed by atoms with Crippen LogP contribution in [0.2, 0.25) is 0 Å². The van der Waals surface area contributed by atoms with Gasteiger partial charge in [0.2, 0.25) is 0 Å². The molecule has 2 aromatic rings. The van der Waals surface area contributed by atoms with Crippen molar-refractivity contribution in [1.82, 2.24) is 0 Å². The Morgan fingerprint density at radius 2 is 1.53 bits per heavy atom. The minimum absolute atomic E-state index is 0.317. The van der Waals surface area contributed by atoms with E-state index < -0.39 is 5.54 Å². The van der Waals surface area contributed by atoms with Crippen LogP contribution in [-0.4, -0.2) is 13.1 Å². The highest BCUT2D eigenvalue weighted by Crippen LogP contribution is 2.27. The van der Waals surface area contributed by atoms with Gasteiger partial charge in [0.1, 0.15) is 0 Å². The normalized spacial score (nSPS) is 13.4. The van der Waals surface area contributed by atoms with Crippen LogP contribution in [0.1, 0.15) is 12.5 Å². The molecule has 19 heavy (non-hydrogen) atoms. The molecule has 1 N–H and O–H groups in total. The molecule has 0 saturated heterocycles. The third kappa shape index (κ3) is 2.76. The zero-order valence-corrected chi connectivity index (χ0v) is 11.1. The number of hydrogen-bond acceptors (Lipinski definition) is 3. The number of carbonyl (C=O) groups is 1. The zero-order valence-electron chi connectivity index (χ0n) is 11.1. The van der Waals surface area contributed by atoms with Crippen molar-refractivity contribution in [2.45, 2.75) is 12.5 Å². The van der Waals surface area contributed by atoms with Crippen LogP contribution in [0.5, 0.6) is 0 Å². The maximum atomic E-state index is 12.2. The maximum absolute atomic E-state index is 12.2. The monoisotopic (exact) mass is 255 g/mol. The number of esters is 1. The number of anilines is 1. The molecule has 0 amide bonds. The Hall–Kier alpha value is -2.29. The van der Waals surface area contributed by atoms with E-state index in [-0.39, 0.29) is 5.97 Å². The van der Waals surface area contributed by atoms with Crippen LogP contribution in [0.4, 0.5) is 5.69 Å². The van der Waals surface area contributed by atoms with Crippen molar-refractivity contribution >= 4 is 11.7 Å². The molecular weight excluding hydrogens is 238 g/mol. The molecule has 1 atom stereocenters. The van der Waals surface area contributed by atoms with Crippen molar-refractivity contribution in [3.8, 4) is 0 Å². The Morgan fingerprint density at radius 1 is 1.00 bits per heavy atom. The molecule has 0 unspecified atom stereocenters. The summed E-state index contributed by atoms with van der Waals surface area (Å²) in [7, 11) is 1.40. The quantitative estimate of drug-likeness (QED) is 0.853. The first-order valence-electron chi connectivity index (χ1n) is 6.14. The van der Waals surface area contributed by atoms with Gasteiger partial charge < -0.3 is 10.1 Å². The van der Waals surface area contributed by atoms with Crippen molar-refractivity contribution in [1.29, 1.82) is 0 Å². The average Bonchev–Trinajstić information content (AvgIpc) is 2.48. The Balaban J connectivity index is 2.39. The fourth-order valence-corrected chi connectivity index (χ4v) is 2.03. The van der Waals surface area contributed by atoms with Gasteiger partial charge in [-0.1, -0.05) is 48.5 Å². The van der Waals surface area contributed by atoms with Crippen LogP contribution in [0.3, 0.4) is 0 Å². The van der Waals surface area contributed by atoms with E-state index in [1.54, 1.807) is 0 Å². The highest BCUT2D eigenvalue weighted by atomic mass is 16.5. The predicted octanol–water partition coefficient (Wildman–Crippen LogP) is 3.19. The van der Waals surface area contributed by atoms with Crippen molar-refractivity contribution in [2.24, 2.45) is 0 Å². The van der Waals surface area contributed by atoms with Gasteiger partial charge in [-0.15, -0.1) is 0 Å². The standard InChI is InChI=1S/C16H17NO2/c1-16(15(18)19-2,13-9-5-3-6-10-13)17-14-11-7-4-8-12-14/h3-12,17H,1-2H3/t16-/m1/s1. The first kappa shape index (κ1) is 13.1. The molecule has 0 heterocycles. The lowest BCUT2D eigenvalue weighted by molar-refractivity contribution is -0.145. The van der Waals surface area contributed by atoms with Crippen LogP contribution in [0, 0.1) is 0 Å². The molecule has 0 aliphatic carbocycles. The lowest BCUT2D eigenvalue weighted by Gasteiger charge is -2.29. The number of benzene rings is 2. The third-order valence-corrected chi connectivity index (χ3v) is 3.11. The smallest absolute Gasteiger partial charge is 0.335 e. The van der Waals surface area contributed by atoms with E-state index in [2.05, 4.69) is 5.32 Å². The molecule has 98 valence electrons. The molecule has 0 saturated carbocycles. The van der Waals surface area contributed by atoms with Gasteiger partial charge in [-0.3, -0.25) is 0 Å². The largest absolute Gasteiger partial charge is 0.467 e. The van der Waals surface area contributed by atoms with Gasteiger partial charge in [0.15, 0.2) is 5.54 Å². The third-order valence-electron chi connectivity index (χ3n) is 3.11. The van der Waals surface area contributed by atoms with E-state index in [1.165, 1.54) is 7.11 Å². The minimum Gasteiger partial charge on any atom is -0.467 e. The number of methoxy groups -OCH3 is 1. The van der Waals surface area contributed by atoms with Crippen molar-refractivity contribution in [3.05, 3.63) is 66.2 Å². The molecule has 0 bridgehead atoms. The van der Waals surface area contributed by atoms with E-state index in [4.69, 9.17) is 4.74 Å². The summed E-state index contributed by atoms with van der Waals surface area (Å²) in [6.07, 6.45) is 0. The number of nitrogens with one attached hydrogen (secondary N) is 1. The van der Waals surface area contributed by atoms with Gasteiger partial charge in [0.05, 0.1) is 7.11 Å². The summed E-state index contributed by atoms with van der Waals surface area (Å²) in [6.45, 7) is 1.82. The predicted molar refractivity (Wildman–Crippen MR) is 75.9 cm³/mol. The number of ether oxygens (including phenoxy) is 1. The Morgan fingerprint density at radius 3 is 2.05 bits per heavy atom. The Bertz CT molecular complexity index is 539. The highest BCUT2D eigenvalue weighted by Gasteiger charge is 2.36. The summed E-state index contributed by atoms with van der Waals surface area (Å²) in [5.41, 5.74) is 0.835. The van der Waals surface area contributed by atoms with E-state index in [0.29, 0.717) is 0 Å². The van der Waals surface area contributed by atoms with Gasteiger partial charge in [0, 0.05) is 5.69 Å². The van der Waals surface area contributed by atoms with Crippen LogP contribution < -0.4 is 5.32 Å². The first-order chi connectivity index (χ1) is 9.16. The topological polar surface area (TPSA) is 38.3 Å². The number of carbonyl (C=O) groups excluding carboxylic acids is 1. The summed E-state index contributed by atoms with van der Waals surface area (Å²) in [5, 5.41) is 3.25.